The molecule has 0 aromatic heterocycles. The summed E-state index contributed by atoms with van der Waals surface area (Å²) in [6.45, 7) is 0. The summed E-state index contributed by atoms with van der Waals surface area (Å²) in [5.41, 5.74) is 6.73. The number of rotatable bonds is 7. The average Bonchev–Trinajstić information content (AvgIpc) is 2.87. The van der Waals surface area contributed by atoms with E-state index in [0.717, 1.165) is 42.8 Å². The lowest BCUT2D eigenvalue weighted by Gasteiger charge is -2.24. The van der Waals surface area contributed by atoms with Crippen molar-refractivity contribution in [3.63, 3.8) is 0 Å². The molecule has 8 heteroatoms. The molecule has 0 aliphatic carbocycles. The first-order chi connectivity index (χ1) is 18.7. The van der Waals surface area contributed by atoms with Gasteiger partial charge in [0.15, 0.2) is 0 Å². The third kappa shape index (κ3) is 7.06. The first-order valence-corrected chi connectivity index (χ1v) is 14.4. The van der Waals surface area contributed by atoms with Crippen LogP contribution in [0.2, 0.25) is 0 Å². The second-order valence-corrected chi connectivity index (χ2v) is 13.1. The lowest BCUT2D eigenvalue weighted by molar-refractivity contribution is 0.101. The summed E-state index contributed by atoms with van der Waals surface area (Å²) in [7, 11) is 12.5. The fourth-order valence-corrected chi connectivity index (χ4v) is 6.11. The number of carbonyl (C=O) groups is 2. The van der Waals surface area contributed by atoms with Crippen molar-refractivity contribution in [3.8, 4) is 11.1 Å². The molecule has 0 heterocycles. The van der Waals surface area contributed by atoms with Gasteiger partial charge in [-0.05, 0) is 91.5 Å². The molecular formula is C32H34Br2N4O2+2. The van der Waals surface area contributed by atoms with Gasteiger partial charge in [-0.1, -0.05) is 24.3 Å². The minimum atomic E-state index is -0.176. The van der Waals surface area contributed by atoms with E-state index < -0.39 is 0 Å². The van der Waals surface area contributed by atoms with Gasteiger partial charge in [0.05, 0.1) is 51.2 Å². The molecule has 0 saturated carbocycles. The summed E-state index contributed by atoms with van der Waals surface area (Å²) in [4.78, 5) is 25.7. The predicted octanol–water partition coefficient (Wildman–Crippen LogP) is 7.78. The number of nitrogens with one attached hydrogen (secondary N) is 2. The smallest absolute Gasteiger partial charge is 0.255 e. The second kappa shape index (κ2) is 11.7. The maximum atomic E-state index is 12.8. The van der Waals surface area contributed by atoms with E-state index in [2.05, 4.69) is 84.8 Å². The maximum absolute atomic E-state index is 12.8. The molecule has 0 radical (unpaired) electrons. The van der Waals surface area contributed by atoms with E-state index in [1.54, 1.807) is 24.3 Å². The lowest BCUT2D eigenvalue weighted by atomic mass is 10.0. The van der Waals surface area contributed by atoms with Crippen LogP contribution in [0.3, 0.4) is 0 Å². The van der Waals surface area contributed by atoms with E-state index in [1.807, 2.05) is 60.7 Å². The third-order valence-electron chi connectivity index (χ3n) is 6.48. The summed E-state index contributed by atoms with van der Waals surface area (Å²) < 4.78 is 3.22. The fourth-order valence-electron chi connectivity index (χ4n) is 4.29. The SMILES string of the molecule is C[N+](C)(C)c1ccc(NC(=O)c2ccc(-c3ccc(C(=O)Nc4ccc([N+](C)(C)C)c(Br)c4)cc3)cc2)cc1Br. The van der Waals surface area contributed by atoms with Crippen LogP contribution in [0, 0.1) is 0 Å². The van der Waals surface area contributed by atoms with Gasteiger partial charge < -0.3 is 10.6 Å². The quantitative estimate of drug-likeness (QED) is 0.198. The summed E-state index contributed by atoms with van der Waals surface area (Å²) in [6, 6.07) is 26.5. The van der Waals surface area contributed by atoms with Crippen LogP contribution in [0.5, 0.6) is 0 Å². The number of halogens is 2. The number of anilines is 2. The molecule has 2 N–H and O–H groups in total. The Balaban J connectivity index is 1.40. The van der Waals surface area contributed by atoms with Gasteiger partial charge in [-0.15, -0.1) is 0 Å². The van der Waals surface area contributed by atoms with Crippen LogP contribution in [-0.2, 0) is 0 Å². The predicted molar refractivity (Wildman–Crippen MR) is 175 cm³/mol. The summed E-state index contributed by atoms with van der Waals surface area (Å²) in [6.07, 6.45) is 0. The molecule has 0 bridgehead atoms. The molecule has 4 rings (SSSR count). The largest absolute Gasteiger partial charge is 0.322 e. The molecule has 0 spiro atoms. The van der Waals surface area contributed by atoms with Gasteiger partial charge in [-0.3, -0.25) is 18.6 Å². The average molecular weight is 666 g/mol. The highest BCUT2D eigenvalue weighted by molar-refractivity contribution is 9.11. The molecule has 0 aliphatic rings. The zero-order valence-electron chi connectivity index (χ0n) is 23.5. The van der Waals surface area contributed by atoms with Crippen molar-refractivity contribution in [1.29, 1.82) is 0 Å². The Kier molecular flexibility index (Phi) is 8.66. The Morgan fingerprint density at radius 1 is 0.525 bits per heavy atom. The maximum Gasteiger partial charge on any atom is 0.255 e. The number of amides is 2. The first-order valence-electron chi connectivity index (χ1n) is 12.8. The number of carbonyl (C=O) groups excluding carboxylic acids is 2. The van der Waals surface area contributed by atoms with Crippen LogP contribution in [0.1, 0.15) is 20.7 Å². The third-order valence-corrected chi connectivity index (χ3v) is 7.75. The van der Waals surface area contributed by atoms with Gasteiger partial charge in [-0.2, -0.15) is 0 Å². The molecule has 4 aromatic rings. The minimum Gasteiger partial charge on any atom is -0.322 e. The van der Waals surface area contributed by atoms with E-state index >= 15 is 0 Å². The Morgan fingerprint density at radius 3 is 1.12 bits per heavy atom. The molecule has 206 valence electrons. The lowest BCUT2D eigenvalue weighted by Crippen LogP contribution is -2.35. The minimum absolute atomic E-state index is 0.176. The Hall–Kier alpha value is -3.30. The van der Waals surface area contributed by atoms with Crippen molar-refractivity contribution >= 4 is 66.4 Å². The standard InChI is InChI=1S/C32H32Br2N4O2/c1-37(2,3)29-17-15-25(19-27(29)33)35-31(39)23-11-7-21(8-12-23)22-9-13-24(14-10-22)32(40)36-26-16-18-30(28(34)20-26)38(4,5)6/h7-20H,1-6H3/p+2. The Bertz CT molecular complexity index is 1430. The van der Waals surface area contributed by atoms with Crippen LogP contribution in [-0.4, -0.2) is 54.1 Å². The number of quaternary nitrogens is 2. The highest BCUT2D eigenvalue weighted by atomic mass is 79.9. The molecule has 0 aliphatic heterocycles. The second-order valence-electron chi connectivity index (χ2n) is 11.4. The van der Waals surface area contributed by atoms with Crippen LogP contribution in [0.15, 0.2) is 93.9 Å². The van der Waals surface area contributed by atoms with E-state index in [0.29, 0.717) is 20.1 Å². The highest BCUT2D eigenvalue weighted by Gasteiger charge is 2.18. The molecule has 6 nitrogen and oxygen atoms in total. The number of nitrogens with zero attached hydrogens (tertiary/aromatic N) is 2. The van der Waals surface area contributed by atoms with Gasteiger partial charge in [-0.25, -0.2) is 0 Å². The van der Waals surface area contributed by atoms with Crippen molar-refractivity contribution < 1.29 is 9.59 Å². The Labute approximate surface area is 253 Å². The topological polar surface area (TPSA) is 58.2 Å². The zero-order valence-corrected chi connectivity index (χ0v) is 26.7. The Morgan fingerprint density at radius 2 is 0.850 bits per heavy atom. The van der Waals surface area contributed by atoms with E-state index in [1.165, 1.54) is 0 Å². The van der Waals surface area contributed by atoms with E-state index in [-0.39, 0.29) is 11.8 Å². The van der Waals surface area contributed by atoms with Crippen molar-refractivity contribution in [1.82, 2.24) is 8.97 Å². The molecule has 0 unspecified atom stereocenters. The number of benzene rings is 4. The number of hydrogen-bond donors (Lipinski definition) is 2. The van der Waals surface area contributed by atoms with E-state index in [9.17, 15) is 9.59 Å². The molecule has 0 fully saturated rings. The van der Waals surface area contributed by atoms with Gasteiger partial charge in [0.2, 0.25) is 0 Å². The van der Waals surface area contributed by atoms with E-state index in [4.69, 9.17) is 0 Å². The highest BCUT2D eigenvalue weighted by Crippen LogP contribution is 2.32. The van der Waals surface area contributed by atoms with Crippen LogP contribution >= 0.6 is 31.9 Å². The molecule has 4 aromatic carbocycles. The van der Waals surface area contributed by atoms with Crippen LogP contribution in [0.25, 0.3) is 11.1 Å². The summed E-state index contributed by atoms with van der Waals surface area (Å²) >= 11 is 7.22. The molecule has 0 atom stereocenters. The number of hydrogen-bond acceptors (Lipinski definition) is 2. The van der Waals surface area contributed by atoms with Crippen LogP contribution < -0.4 is 19.6 Å². The normalized spacial score (nSPS) is 11.7. The molecule has 2 amide bonds. The fraction of sp³-hybridized carbons (Fsp3) is 0.188. The zero-order chi connectivity index (χ0) is 29.2. The first kappa shape index (κ1) is 29.7. The van der Waals surface area contributed by atoms with Gasteiger partial charge in [0.25, 0.3) is 11.8 Å². The van der Waals surface area contributed by atoms with Gasteiger partial charge in [0, 0.05) is 34.6 Å². The van der Waals surface area contributed by atoms with Crippen molar-refractivity contribution in [2.45, 2.75) is 0 Å². The summed E-state index contributed by atoms with van der Waals surface area (Å²) in [5.74, 6) is -0.353. The van der Waals surface area contributed by atoms with Gasteiger partial charge >= 0.3 is 0 Å². The van der Waals surface area contributed by atoms with Crippen molar-refractivity contribution in [2.24, 2.45) is 0 Å². The summed E-state index contributed by atoms with van der Waals surface area (Å²) in [5, 5.41) is 5.93. The van der Waals surface area contributed by atoms with Crippen LogP contribution in [0.4, 0.5) is 22.7 Å². The van der Waals surface area contributed by atoms with Gasteiger partial charge in [0.1, 0.15) is 11.4 Å². The molecular weight excluding hydrogens is 632 g/mol. The van der Waals surface area contributed by atoms with Crippen molar-refractivity contribution in [3.05, 3.63) is 105 Å². The molecule has 40 heavy (non-hydrogen) atoms. The molecule has 0 saturated heterocycles. The van der Waals surface area contributed by atoms with Crippen molar-refractivity contribution in [2.75, 3.05) is 52.9 Å². The monoisotopic (exact) mass is 664 g/mol.